The second kappa shape index (κ2) is 6.79. The average molecular weight is 336 g/mol. The number of aromatic nitrogens is 2. The van der Waals surface area contributed by atoms with Crippen LogP contribution in [0.1, 0.15) is 5.56 Å². The summed E-state index contributed by atoms with van der Waals surface area (Å²) in [6.07, 6.45) is 3.54. The Balaban J connectivity index is 1.82. The van der Waals surface area contributed by atoms with Gasteiger partial charge in [0.1, 0.15) is 0 Å². The van der Waals surface area contributed by atoms with E-state index in [0.29, 0.717) is 26.3 Å². The van der Waals surface area contributed by atoms with E-state index in [1.807, 2.05) is 36.5 Å². The summed E-state index contributed by atoms with van der Waals surface area (Å²) in [5, 5.41) is 4.23. The summed E-state index contributed by atoms with van der Waals surface area (Å²) in [7, 11) is -1.89. The van der Waals surface area contributed by atoms with Crippen LogP contribution in [0, 0.1) is 0 Å². The maximum Gasteiger partial charge on any atom is 0.282 e. The van der Waals surface area contributed by atoms with Crippen LogP contribution < -0.4 is 0 Å². The molecule has 0 aliphatic carbocycles. The lowest BCUT2D eigenvalue weighted by Gasteiger charge is -2.30. The molecule has 1 aliphatic heterocycles. The predicted octanol–water partition coefficient (Wildman–Crippen LogP) is 0.881. The van der Waals surface area contributed by atoms with E-state index in [4.69, 9.17) is 4.74 Å². The van der Waals surface area contributed by atoms with E-state index in [-0.39, 0.29) is 6.54 Å². The van der Waals surface area contributed by atoms with Crippen molar-refractivity contribution >= 4 is 10.2 Å². The van der Waals surface area contributed by atoms with Crippen LogP contribution in [0.5, 0.6) is 0 Å². The number of ether oxygens (including phenoxy) is 1. The van der Waals surface area contributed by atoms with Gasteiger partial charge >= 0.3 is 0 Å². The van der Waals surface area contributed by atoms with Gasteiger partial charge in [0.15, 0.2) is 0 Å². The minimum atomic E-state index is -3.49. The maximum atomic E-state index is 12.7. The topological polar surface area (TPSA) is 67.7 Å². The third kappa shape index (κ3) is 3.45. The van der Waals surface area contributed by atoms with E-state index in [2.05, 4.69) is 5.10 Å². The molecule has 8 heteroatoms. The minimum Gasteiger partial charge on any atom is -0.379 e. The lowest BCUT2D eigenvalue weighted by molar-refractivity contribution is 0.0705. The number of para-hydroxylation sites is 1. The van der Waals surface area contributed by atoms with Crippen LogP contribution in [0.3, 0.4) is 0 Å². The Hall–Kier alpha value is -1.74. The van der Waals surface area contributed by atoms with Gasteiger partial charge in [-0.05, 0) is 17.7 Å². The predicted molar refractivity (Wildman–Crippen MR) is 86.3 cm³/mol. The molecule has 1 aromatic carbocycles. The lowest BCUT2D eigenvalue weighted by atomic mass is 10.2. The normalized spacial score (nSPS) is 16.8. The van der Waals surface area contributed by atoms with Crippen LogP contribution in [-0.2, 0) is 21.5 Å². The fourth-order valence-electron chi connectivity index (χ4n) is 2.58. The Kier molecular flexibility index (Phi) is 4.76. The highest BCUT2D eigenvalue weighted by atomic mass is 32.2. The van der Waals surface area contributed by atoms with Crippen LogP contribution in [0.25, 0.3) is 5.69 Å². The molecule has 0 atom stereocenters. The molecule has 2 heterocycles. The van der Waals surface area contributed by atoms with Crippen molar-refractivity contribution < 1.29 is 13.2 Å². The molecule has 124 valence electrons. The molecule has 1 aromatic heterocycles. The van der Waals surface area contributed by atoms with Crippen molar-refractivity contribution in [2.75, 3.05) is 33.4 Å². The molecule has 1 aliphatic rings. The highest BCUT2D eigenvalue weighted by molar-refractivity contribution is 7.86. The van der Waals surface area contributed by atoms with E-state index < -0.39 is 10.2 Å². The van der Waals surface area contributed by atoms with Crippen molar-refractivity contribution in [3.63, 3.8) is 0 Å². The molecule has 0 unspecified atom stereocenters. The van der Waals surface area contributed by atoms with Gasteiger partial charge in [-0.15, -0.1) is 0 Å². The molecule has 23 heavy (non-hydrogen) atoms. The molecular formula is C15H20N4O3S. The second-order valence-corrected chi connectivity index (χ2v) is 7.39. The molecule has 0 bridgehead atoms. The molecule has 7 nitrogen and oxygen atoms in total. The summed E-state index contributed by atoms with van der Waals surface area (Å²) in [5.74, 6) is 0. The molecule has 3 rings (SSSR count). The van der Waals surface area contributed by atoms with Crippen molar-refractivity contribution in [1.82, 2.24) is 18.4 Å². The Morgan fingerprint density at radius 1 is 1.22 bits per heavy atom. The standard InChI is InChI=1S/C15H20N4O3S/c1-17(23(20,21)18-9-11-22-12-10-18)13-14-5-2-3-6-15(14)19-8-4-7-16-19/h2-8H,9-13H2,1H3. The van der Waals surface area contributed by atoms with Crippen molar-refractivity contribution in [2.45, 2.75) is 6.54 Å². The zero-order chi connectivity index (χ0) is 16.3. The highest BCUT2D eigenvalue weighted by Crippen LogP contribution is 2.18. The van der Waals surface area contributed by atoms with Gasteiger partial charge in [-0.25, -0.2) is 4.68 Å². The first-order valence-corrected chi connectivity index (χ1v) is 8.86. The Bertz CT molecular complexity index is 740. The van der Waals surface area contributed by atoms with E-state index in [1.54, 1.807) is 17.9 Å². The molecule has 0 amide bonds. The second-order valence-electron chi connectivity index (χ2n) is 5.35. The molecule has 1 fully saturated rings. The first-order chi connectivity index (χ1) is 11.1. The maximum absolute atomic E-state index is 12.7. The lowest BCUT2D eigenvalue weighted by Crippen LogP contribution is -2.47. The Morgan fingerprint density at radius 2 is 1.96 bits per heavy atom. The number of nitrogens with zero attached hydrogens (tertiary/aromatic N) is 4. The number of hydrogen-bond donors (Lipinski definition) is 0. The zero-order valence-corrected chi connectivity index (χ0v) is 13.8. The zero-order valence-electron chi connectivity index (χ0n) is 13.0. The minimum absolute atomic E-state index is 0.287. The van der Waals surface area contributed by atoms with Crippen molar-refractivity contribution in [1.29, 1.82) is 0 Å². The summed E-state index contributed by atoms with van der Waals surface area (Å²) in [5.41, 5.74) is 1.78. The quantitative estimate of drug-likeness (QED) is 0.813. The van der Waals surface area contributed by atoms with Crippen molar-refractivity contribution in [2.24, 2.45) is 0 Å². The van der Waals surface area contributed by atoms with Gasteiger partial charge < -0.3 is 4.74 Å². The first kappa shape index (κ1) is 16.1. The first-order valence-electron chi connectivity index (χ1n) is 7.46. The van der Waals surface area contributed by atoms with Gasteiger partial charge in [-0.1, -0.05) is 18.2 Å². The summed E-state index contributed by atoms with van der Waals surface area (Å²) >= 11 is 0. The van der Waals surface area contributed by atoms with Gasteiger partial charge in [-0.3, -0.25) is 0 Å². The third-order valence-corrected chi connectivity index (χ3v) is 5.76. The highest BCUT2D eigenvalue weighted by Gasteiger charge is 2.28. The average Bonchev–Trinajstić information content (AvgIpc) is 3.10. The SMILES string of the molecule is CN(Cc1ccccc1-n1cccn1)S(=O)(=O)N1CCOCC1. The van der Waals surface area contributed by atoms with E-state index in [1.165, 1.54) is 8.61 Å². The van der Waals surface area contributed by atoms with E-state index in [9.17, 15) is 8.42 Å². The Labute approximate surface area is 136 Å². The largest absolute Gasteiger partial charge is 0.379 e. The molecule has 0 saturated carbocycles. The third-order valence-electron chi connectivity index (χ3n) is 3.83. The molecule has 0 N–H and O–H groups in total. The van der Waals surface area contributed by atoms with Crippen LogP contribution >= 0.6 is 0 Å². The molecule has 1 saturated heterocycles. The summed E-state index contributed by atoms with van der Waals surface area (Å²) < 4.78 is 35.1. The number of benzene rings is 1. The van der Waals surface area contributed by atoms with E-state index >= 15 is 0 Å². The van der Waals surface area contributed by atoms with Gasteiger partial charge in [-0.2, -0.15) is 22.1 Å². The smallest absolute Gasteiger partial charge is 0.282 e. The van der Waals surface area contributed by atoms with Gasteiger partial charge in [0, 0.05) is 39.1 Å². The van der Waals surface area contributed by atoms with Crippen molar-refractivity contribution in [3.05, 3.63) is 48.3 Å². The molecule has 0 radical (unpaired) electrons. The van der Waals surface area contributed by atoms with Crippen molar-refractivity contribution in [3.8, 4) is 5.69 Å². The van der Waals surface area contributed by atoms with Crippen LogP contribution in [0.15, 0.2) is 42.7 Å². The molecule has 0 spiro atoms. The number of rotatable bonds is 5. The van der Waals surface area contributed by atoms with Gasteiger partial charge in [0.2, 0.25) is 0 Å². The van der Waals surface area contributed by atoms with E-state index in [0.717, 1.165) is 11.3 Å². The van der Waals surface area contributed by atoms with Crippen LogP contribution in [-0.4, -0.2) is 60.2 Å². The fourth-order valence-corrected chi connectivity index (χ4v) is 3.88. The Morgan fingerprint density at radius 3 is 2.65 bits per heavy atom. The monoisotopic (exact) mass is 336 g/mol. The number of morpholine rings is 1. The summed E-state index contributed by atoms with van der Waals surface area (Å²) in [4.78, 5) is 0. The summed E-state index contributed by atoms with van der Waals surface area (Å²) in [6.45, 7) is 1.96. The van der Waals surface area contributed by atoms with Crippen LogP contribution in [0.4, 0.5) is 0 Å². The fraction of sp³-hybridized carbons (Fsp3) is 0.400. The molecular weight excluding hydrogens is 316 g/mol. The van der Waals surface area contributed by atoms with Crippen LogP contribution in [0.2, 0.25) is 0 Å². The van der Waals surface area contributed by atoms with Gasteiger partial charge in [0.25, 0.3) is 10.2 Å². The summed E-state index contributed by atoms with van der Waals surface area (Å²) in [6, 6.07) is 9.50. The molecule has 2 aromatic rings. The number of hydrogen-bond acceptors (Lipinski definition) is 4. The van der Waals surface area contributed by atoms with Gasteiger partial charge in [0.05, 0.1) is 18.9 Å².